The van der Waals surface area contributed by atoms with Crippen molar-refractivity contribution in [2.45, 2.75) is 4.90 Å². The number of hydrogen-bond acceptors (Lipinski definition) is 4. The number of hydrogen-bond donors (Lipinski definition) is 1. The normalized spacial score (nSPS) is 10.7. The molecular weight excluding hydrogens is 216 g/mol. The molecule has 0 radical (unpaired) electrons. The summed E-state index contributed by atoms with van der Waals surface area (Å²) in [6.07, 6.45) is 1.96. The Labute approximate surface area is 90.5 Å². The van der Waals surface area contributed by atoms with E-state index in [4.69, 9.17) is 4.74 Å². The van der Waals surface area contributed by atoms with Crippen molar-refractivity contribution in [1.82, 2.24) is 0 Å². The number of thioether (sulfide) groups is 1. The van der Waals surface area contributed by atoms with Crippen LogP contribution in [-0.2, 0) is 0 Å². The van der Waals surface area contributed by atoms with Crippen LogP contribution in [0.3, 0.4) is 0 Å². The van der Waals surface area contributed by atoms with Crippen molar-refractivity contribution in [1.29, 1.82) is 0 Å². The molecular formula is C10H10O2S2. The third-order valence-corrected chi connectivity index (χ3v) is 3.82. The second-order valence-corrected chi connectivity index (χ2v) is 4.53. The van der Waals surface area contributed by atoms with Gasteiger partial charge in [-0.1, -0.05) is 0 Å². The highest BCUT2D eigenvalue weighted by molar-refractivity contribution is 7.99. The molecule has 2 nitrogen and oxygen atoms in total. The van der Waals surface area contributed by atoms with E-state index in [9.17, 15) is 5.11 Å². The molecule has 0 saturated carbocycles. The molecule has 0 amide bonds. The highest BCUT2D eigenvalue weighted by Crippen LogP contribution is 2.42. The summed E-state index contributed by atoms with van der Waals surface area (Å²) in [5, 5.41) is 12.8. The van der Waals surface area contributed by atoms with Crippen molar-refractivity contribution in [3.8, 4) is 11.5 Å². The van der Waals surface area contributed by atoms with Crippen LogP contribution in [0.4, 0.5) is 0 Å². The predicted molar refractivity (Wildman–Crippen MR) is 61.8 cm³/mol. The van der Waals surface area contributed by atoms with Gasteiger partial charge in [-0.3, -0.25) is 0 Å². The van der Waals surface area contributed by atoms with Crippen LogP contribution in [-0.4, -0.2) is 18.5 Å². The fourth-order valence-corrected chi connectivity index (χ4v) is 3.06. The fraction of sp³-hybridized carbons (Fsp3) is 0.200. The van der Waals surface area contributed by atoms with Crippen LogP contribution in [0, 0.1) is 0 Å². The average molecular weight is 226 g/mol. The van der Waals surface area contributed by atoms with E-state index < -0.39 is 0 Å². The molecule has 14 heavy (non-hydrogen) atoms. The Bertz CT molecular complexity index is 462. The molecule has 0 aliphatic carbocycles. The first-order valence-corrected chi connectivity index (χ1v) is 6.19. The zero-order valence-electron chi connectivity index (χ0n) is 7.90. The molecule has 1 N–H and O–H groups in total. The first-order valence-electron chi connectivity index (χ1n) is 4.09. The molecule has 0 aliphatic heterocycles. The minimum atomic E-state index is 0.292. The van der Waals surface area contributed by atoms with Gasteiger partial charge in [0.15, 0.2) is 0 Å². The zero-order valence-corrected chi connectivity index (χ0v) is 9.54. The number of aromatic hydroxyl groups is 1. The molecule has 0 saturated heterocycles. The second-order valence-electron chi connectivity index (χ2n) is 2.79. The summed E-state index contributed by atoms with van der Waals surface area (Å²) in [6, 6.07) is 3.68. The summed E-state index contributed by atoms with van der Waals surface area (Å²) in [5.74, 6) is 1.03. The van der Waals surface area contributed by atoms with E-state index in [-0.39, 0.29) is 0 Å². The van der Waals surface area contributed by atoms with Gasteiger partial charge < -0.3 is 9.84 Å². The van der Waals surface area contributed by atoms with Crippen LogP contribution in [0.15, 0.2) is 22.4 Å². The van der Waals surface area contributed by atoms with E-state index in [0.29, 0.717) is 5.75 Å². The molecule has 1 aromatic heterocycles. The molecule has 0 bridgehead atoms. The third kappa shape index (κ3) is 1.35. The van der Waals surface area contributed by atoms with Gasteiger partial charge in [0.1, 0.15) is 11.5 Å². The number of fused-ring (bicyclic) bond motifs is 1. The molecule has 1 aromatic carbocycles. The van der Waals surface area contributed by atoms with Gasteiger partial charge in [0, 0.05) is 11.5 Å². The molecule has 0 unspecified atom stereocenters. The second kappa shape index (κ2) is 3.71. The lowest BCUT2D eigenvalue weighted by atomic mass is 10.2. The van der Waals surface area contributed by atoms with Crippen molar-refractivity contribution in [3.63, 3.8) is 0 Å². The number of benzene rings is 1. The van der Waals surface area contributed by atoms with Crippen molar-refractivity contribution in [2.75, 3.05) is 13.4 Å². The van der Waals surface area contributed by atoms with Gasteiger partial charge in [-0.25, -0.2) is 0 Å². The minimum absolute atomic E-state index is 0.292. The quantitative estimate of drug-likeness (QED) is 0.796. The lowest BCUT2D eigenvalue weighted by molar-refractivity contribution is 0.411. The maximum absolute atomic E-state index is 9.74. The molecule has 2 rings (SSSR count). The summed E-state index contributed by atoms with van der Waals surface area (Å²) < 4.78 is 6.30. The number of ether oxygens (including phenoxy) is 1. The lowest BCUT2D eigenvalue weighted by Gasteiger charge is -2.07. The Morgan fingerprint density at radius 1 is 1.50 bits per heavy atom. The number of thiophene rings is 1. The molecule has 0 aliphatic rings. The van der Waals surface area contributed by atoms with Crippen LogP contribution >= 0.6 is 23.1 Å². The molecule has 74 valence electrons. The maximum atomic E-state index is 9.74. The minimum Gasteiger partial charge on any atom is -0.507 e. The van der Waals surface area contributed by atoms with E-state index >= 15 is 0 Å². The molecule has 0 spiro atoms. The summed E-state index contributed by atoms with van der Waals surface area (Å²) in [6.45, 7) is 0. The van der Waals surface area contributed by atoms with Crippen molar-refractivity contribution < 1.29 is 9.84 Å². The average Bonchev–Trinajstić information content (AvgIpc) is 2.65. The van der Waals surface area contributed by atoms with Gasteiger partial charge in [0.2, 0.25) is 0 Å². The van der Waals surface area contributed by atoms with Crippen LogP contribution in [0.5, 0.6) is 11.5 Å². The highest BCUT2D eigenvalue weighted by Gasteiger charge is 2.11. The topological polar surface area (TPSA) is 29.5 Å². The smallest absolute Gasteiger partial charge is 0.140 e. The molecule has 2 aromatic rings. The predicted octanol–water partition coefficient (Wildman–Crippen LogP) is 3.34. The van der Waals surface area contributed by atoms with Gasteiger partial charge in [-0.15, -0.1) is 23.1 Å². The number of phenolic OH excluding ortho intramolecular Hbond substituents is 1. The van der Waals surface area contributed by atoms with E-state index in [1.807, 2.05) is 17.7 Å². The first kappa shape index (κ1) is 9.68. The van der Waals surface area contributed by atoms with Crippen molar-refractivity contribution in [2.24, 2.45) is 0 Å². The van der Waals surface area contributed by atoms with Gasteiger partial charge in [-0.05, 0) is 17.7 Å². The Morgan fingerprint density at radius 2 is 2.29 bits per heavy atom. The maximum Gasteiger partial charge on any atom is 0.140 e. The third-order valence-electron chi connectivity index (χ3n) is 2.06. The van der Waals surface area contributed by atoms with Gasteiger partial charge in [0.25, 0.3) is 0 Å². The summed E-state index contributed by atoms with van der Waals surface area (Å²) in [5.41, 5.74) is 0. The molecule has 0 fully saturated rings. The Kier molecular flexibility index (Phi) is 2.56. The van der Waals surface area contributed by atoms with E-state index in [1.54, 1.807) is 36.3 Å². The summed E-state index contributed by atoms with van der Waals surface area (Å²) >= 11 is 3.18. The summed E-state index contributed by atoms with van der Waals surface area (Å²) in [4.78, 5) is 0.919. The Hall–Kier alpha value is -0.870. The number of methoxy groups -OCH3 is 1. The molecule has 0 atom stereocenters. The Morgan fingerprint density at radius 3 is 2.93 bits per heavy atom. The standard InChI is InChI=1S/C10H10O2S2/c1-12-8-5-7(11)9(13-2)6-3-4-14-10(6)8/h3-5,11H,1-2H3. The van der Waals surface area contributed by atoms with Crippen LogP contribution in [0.2, 0.25) is 0 Å². The zero-order chi connectivity index (χ0) is 10.1. The number of rotatable bonds is 2. The largest absolute Gasteiger partial charge is 0.507 e. The van der Waals surface area contributed by atoms with Crippen LogP contribution in [0.1, 0.15) is 0 Å². The SMILES string of the molecule is COc1cc(O)c(SC)c2ccsc12. The van der Waals surface area contributed by atoms with Gasteiger partial charge in [-0.2, -0.15) is 0 Å². The van der Waals surface area contributed by atoms with Crippen molar-refractivity contribution >= 4 is 33.2 Å². The van der Waals surface area contributed by atoms with Crippen LogP contribution < -0.4 is 4.74 Å². The lowest BCUT2D eigenvalue weighted by Crippen LogP contribution is -1.84. The van der Waals surface area contributed by atoms with Crippen molar-refractivity contribution in [3.05, 3.63) is 17.5 Å². The monoisotopic (exact) mass is 226 g/mol. The number of phenols is 1. The highest BCUT2D eigenvalue weighted by atomic mass is 32.2. The molecule has 1 heterocycles. The van der Waals surface area contributed by atoms with E-state index in [2.05, 4.69) is 0 Å². The van der Waals surface area contributed by atoms with E-state index in [0.717, 1.165) is 20.7 Å². The van der Waals surface area contributed by atoms with Gasteiger partial charge >= 0.3 is 0 Å². The molecule has 4 heteroatoms. The van der Waals surface area contributed by atoms with Gasteiger partial charge in [0.05, 0.1) is 16.7 Å². The van der Waals surface area contributed by atoms with Crippen LogP contribution in [0.25, 0.3) is 10.1 Å². The Balaban J connectivity index is 2.81. The summed E-state index contributed by atoms with van der Waals surface area (Å²) in [7, 11) is 1.62. The first-order chi connectivity index (χ1) is 6.77. The van der Waals surface area contributed by atoms with E-state index in [1.165, 1.54) is 0 Å². The fourth-order valence-electron chi connectivity index (χ4n) is 1.44.